The molecule has 1 rings (SSSR count). The maximum Gasteiger partial charge on any atom is 0.322 e. The number of likely N-dealkylation sites (N-methyl/N-ethyl adjacent to an activating group) is 1. The molecule has 0 bridgehead atoms. The number of esters is 1. The van der Waals surface area contributed by atoms with Gasteiger partial charge in [-0.15, -0.1) is 0 Å². The van der Waals surface area contributed by atoms with Crippen LogP contribution in [-0.4, -0.2) is 55.5 Å². The summed E-state index contributed by atoms with van der Waals surface area (Å²) >= 11 is 0. The number of methoxy groups -OCH3 is 1. The van der Waals surface area contributed by atoms with Crippen molar-refractivity contribution >= 4 is 11.9 Å². The Morgan fingerprint density at radius 2 is 1.80 bits per heavy atom. The average Bonchev–Trinajstić information content (AvgIpc) is 2.45. The zero-order valence-electron chi connectivity index (χ0n) is 12.5. The van der Waals surface area contributed by atoms with E-state index in [1.165, 1.54) is 12.0 Å². The van der Waals surface area contributed by atoms with Gasteiger partial charge in [-0.25, -0.2) is 0 Å². The van der Waals surface area contributed by atoms with E-state index in [1.807, 2.05) is 35.2 Å². The van der Waals surface area contributed by atoms with E-state index < -0.39 is 6.04 Å². The maximum absolute atomic E-state index is 11.9. The van der Waals surface area contributed by atoms with Crippen LogP contribution in [0, 0.1) is 0 Å². The second kappa shape index (κ2) is 7.65. The van der Waals surface area contributed by atoms with Crippen molar-refractivity contribution in [2.24, 2.45) is 0 Å². The number of nitrogens with zero attached hydrogens (tertiary/aromatic N) is 2. The number of hydrogen-bond acceptors (Lipinski definition) is 4. The van der Waals surface area contributed by atoms with Gasteiger partial charge in [-0.2, -0.15) is 0 Å². The number of rotatable bonds is 6. The van der Waals surface area contributed by atoms with E-state index in [-0.39, 0.29) is 18.4 Å². The largest absolute Gasteiger partial charge is 0.468 e. The summed E-state index contributed by atoms with van der Waals surface area (Å²) in [6.45, 7) is 2.45. The summed E-state index contributed by atoms with van der Waals surface area (Å²) in [5.41, 5.74) is 1.05. The van der Waals surface area contributed by atoms with E-state index in [0.29, 0.717) is 6.54 Å². The Bertz CT molecular complexity index is 446. The first-order valence-corrected chi connectivity index (χ1v) is 6.51. The summed E-state index contributed by atoms with van der Waals surface area (Å²) in [6.07, 6.45) is 0. The standard InChI is InChI=1S/C15H22N2O3/c1-12(15(19)20-4)17(11-14(18)16(2)3)10-13-8-6-5-7-9-13/h5-9,12H,10-11H2,1-4H3/t12-/m1/s1. The van der Waals surface area contributed by atoms with Crippen LogP contribution in [0.15, 0.2) is 30.3 Å². The Kier molecular flexibility index (Phi) is 6.18. The molecule has 0 aliphatic carbocycles. The summed E-state index contributed by atoms with van der Waals surface area (Å²) < 4.78 is 4.77. The van der Waals surface area contributed by atoms with Crippen LogP contribution >= 0.6 is 0 Å². The van der Waals surface area contributed by atoms with Crippen molar-refractivity contribution in [1.29, 1.82) is 0 Å². The van der Waals surface area contributed by atoms with Crippen LogP contribution in [0.5, 0.6) is 0 Å². The van der Waals surface area contributed by atoms with Crippen LogP contribution in [0.25, 0.3) is 0 Å². The SMILES string of the molecule is COC(=O)[C@@H](C)N(CC(=O)N(C)C)Cc1ccccc1. The molecule has 5 nitrogen and oxygen atoms in total. The van der Waals surface area contributed by atoms with Crippen molar-refractivity contribution in [3.63, 3.8) is 0 Å². The highest BCUT2D eigenvalue weighted by Crippen LogP contribution is 2.09. The lowest BCUT2D eigenvalue weighted by Crippen LogP contribution is -2.44. The number of carbonyl (C=O) groups is 2. The lowest BCUT2D eigenvalue weighted by atomic mass is 10.2. The lowest BCUT2D eigenvalue weighted by Gasteiger charge is -2.27. The molecule has 0 fully saturated rings. The molecule has 0 heterocycles. The van der Waals surface area contributed by atoms with Gasteiger partial charge in [0.2, 0.25) is 5.91 Å². The predicted molar refractivity (Wildman–Crippen MR) is 77.0 cm³/mol. The monoisotopic (exact) mass is 278 g/mol. The Labute approximate surface area is 120 Å². The van der Waals surface area contributed by atoms with Gasteiger partial charge in [0.25, 0.3) is 0 Å². The fourth-order valence-corrected chi connectivity index (χ4v) is 1.78. The summed E-state index contributed by atoms with van der Waals surface area (Å²) in [6, 6.07) is 9.27. The first-order chi connectivity index (χ1) is 9.45. The normalized spacial score (nSPS) is 12.1. The molecule has 110 valence electrons. The molecule has 1 atom stereocenters. The van der Waals surface area contributed by atoms with Crippen LogP contribution in [-0.2, 0) is 20.9 Å². The zero-order valence-corrected chi connectivity index (χ0v) is 12.5. The van der Waals surface area contributed by atoms with Crippen molar-refractivity contribution in [3.05, 3.63) is 35.9 Å². The molecule has 0 saturated heterocycles. The van der Waals surface area contributed by atoms with Crippen LogP contribution in [0.1, 0.15) is 12.5 Å². The van der Waals surface area contributed by atoms with Crippen LogP contribution in [0.4, 0.5) is 0 Å². The van der Waals surface area contributed by atoms with Gasteiger partial charge in [-0.05, 0) is 12.5 Å². The molecular formula is C15H22N2O3. The van der Waals surface area contributed by atoms with Crippen molar-refractivity contribution in [1.82, 2.24) is 9.80 Å². The minimum Gasteiger partial charge on any atom is -0.468 e. The molecule has 20 heavy (non-hydrogen) atoms. The quantitative estimate of drug-likeness (QED) is 0.732. The maximum atomic E-state index is 11.9. The molecular weight excluding hydrogens is 256 g/mol. The van der Waals surface area contributed by atoms with E-state index >= 15 is 0 Å². The van der Waals surface area contributed by atoms with E-state index in [0.717, 1.165) is 5.56 Å². The second-order valence-corrected chi connectivity index (χ2v) is 4.88. The Balaban J connectivity index is 2.83. The molecule has 0 spiro atoms. The Morgan fingerprint density at radius 3 is 2.30 bits per heavy atom. The summed E-state index contributed by atoms with van der Waals surface area (Å²) in [7, 11) is 4.75. The van der Waals surface area contributed by atoms with Gasteiger partial charge in [0, 0.05) is 20.6 Å². The van der Waals surface area contributed by atoms with Crippen molar-refractivity contribution in [3.8, 4) is 0 Å². The minimum atomic E-state index is -0.468. The highest BCUT2D eigenvalue weighted by Gasteiger charge is 2.24. The highest BCUT2D eigenvalue weighted by molar-refractivity contribution is 5.80. The molecule has 0 aromatic heterocycles. The van der Waals surface area contributed by atoms with E-state index in [1.54, 1.807) is 21.0 Å². The van der Waals surface area contributed by atoms with Crippen molar-refractivity contribution in [2.75, 3.05) is 27.7 Å². The third-order valence-electron chi connectivity index (χ3n) is 3.16. The molecule has 1 aromatic carbocycles. The first kappa shape index (κ1) is 16.2. The average molecular weight is 278 g/mol. The summed E-state index contributed by atoms with van der Waals surface area (Å²) in [5.74, 6) is -0.385. The molecule has 0 aliphatic heterocycles. The number of carbonyl (C=O) groups excluding carboxylic acids is 2. The van der Waals surface area contributed by atoms with Crippen LogP contribution in [0.3, 0.4) is 0 Å². The van der Waals surface area contributed by atoms with Gasteiger partial charge >= 0.3 is 5.97 Å². The highest BCUT2D eigenvalue weighted by atomic mass is 16.5. The fraction of sp³-hybridized carbons (Fsp3) is 0.467. The fourth-order valence-electron chi connectivity index (χ4n) is 1.78. The molecule has 0 unspecified atom stereocenters. The molecule has 0 saturated carbocycles. The smallest absolute Gasteiger partial charge is 0.322 e. The van der Waals surface area contributed by atoms with Gasteiger partial charge in [-0.1, -0.05) is 30.3 Å². The summed E-state index contributed by atoms with van der Waals surface area (Å²) in [4.78, 5) is 26.9. The van der Waals surface area contributed by atoms with Crippen LogP contribution in [0.2, 0.25) is 0 Å². The molecule has 0 N–H and O–H groups in total. The third kappa shape index (κ3) is 4.66. The topological polar surface area (TPSA) is 49.9 Å². The van der Waals surface area contributed by atoms with Gasteiger partial charge < -0.3 is 9.64 Å². The zero-order chi connectivity index (χ0) is 15.1. The Hall–Kier alpha value is -1.88. The molecule has 1 aromatic rings. The molecule has 0 aliphatic rings. The van der Waals surface area contributed by atoms with Crippen LogP contribution < -0.4 is 0 Å². The van der Waals surface area contributed by atoms with Gasteiger partial charge in [0.15, 0.2) is 0 Å². The van der Waals surface area contributed by atoms with E-state index in [2.05, 4.69) is 0 Å². The molecule has 1 amide bonds. The molecule has 0 radical (unpaired) electrons. The van der Waals surface area contributed by atoms with Crippen molar-refractivity contribution in [2.45, 2.75) is 19.5 Å². The van der Waals surface area contributed by atoms with E-state index in [9.17, 15) is 9.59 Å². The summed E-state index contributed by atoms with van der Waals surface area (Å²) in [5, 5.41) is 0. The lowest BCUT2D eigenvalue weighted by molar-refractivity contribution is -0.147. The number of hydrogen-bond donors (Lipinski definition) is 0. The van der Waals surface area contributed by atoms with Gasteiger partial charge in [-0.3, -0.25) is 14.5 Å². The third-order valence-corrected chi connectivity index (χ3v) is 3.16. The van der Waals surface area contributed by atoms with Gasteiger partial charge in [0.05, 0.1) is 13.7 Å². The minimum absolute atomic E-state index is 0.0447. The number of amides is 1. The van der Waals surface area contributed by atoms with Gasteiger partial charge in [0.1, 0.15) is 6.04 Å². The first-order valence-electron chi connectivity index (χ1n) is 6.51. The predicted octanol–water partition coefficient (Wildman–Crippen LogP) is 1.14. The molecule has 5 heteroatoms. The van der Waals surface area contributed by atoms with Crippen molar-refractivity contribution < 1.29 is 14.3 Å². The Morgan fingerprint density at radius 1 is 1.20 bits per heavy atom. The number of ether oxygens (including phenoxy) is 1. The second-order valence-electron chi connectivity index (χ2n) is 4.88. The van der Waals surface area contributed by atoms with E-state index in [4.69, 9.17) is 4.74 Å². The number of benzene rings is 1.